The monoisotopic (exact) mass is 386 g/mol. The molecular formula is C20H22N2O4S. The molecule has 0 aliphatic carbocycles. The molecule has 0 radical (unpaired) electrons. The molecule has 1 atom stereocenters. The molecule has 0 aromatic heterocycles. The van der Waals surface area contributed by atoms with Gasteiger partial charge >= 0.3 is 0 Å². The molecule has 1 saturated heterocycles. The molecule has 3 rings (SSSR count). The minimum atomic E-state index is -3.77. The van der Waals surface area contributed by atoms with Crippen LogP contribution in [-0.2, 0) is 14.8 Å². The van der Waals surface area contributed by atoms with Crippen molar-refractivity contribution < 1.29 is 18.0 Å². The van der Waals surface area contributed by atoms with Gasteiger partial charge in [-0.2, -0.15) is 4.31 Å². The summed E-state index contributed by atoms with van der Waals surface area (Å²) in [5.41, 5.74) is 0.803. The van der Waals surface area contributed by atoms with Crippen LogP contribution in [0.2, 0.25) is 0 Å². The standard InChI is InChI=1S/C20H22N2O4S/c1-15(23)17-11-5-6-12-18(17)21-20(24)19-13-7-8-14-22(19)27(25,26)16-9-3-2-4-10-16/h2-6,9-12,19H,7-8,13-14H2,1H3,(H,21,24). The lowest BCUT2D eigenvalue weighted by Gasteiger charge is -2.33. The largest absolute Gasteiger partial charge is 0.324 e. The van der Waals surface area contributed by atoms with Gasteiger partial charge < -0.3 is 5.32 Å². The summed E-state index contributed by atoms with van der Waals surface area (Å²) in [6.45, 7) is 1.72. The lowest BCUT2D eigenvalue weighted by Crippen LogP contribution is -2.49. The van der Waals surface area contributed by atoms with Gasteiger partial charge in [0.2, 0.25) is 15.9 Å². The lowest BCUT2D eigenvalue weighted by molar-refractivity contribution is -0.120. The minimum Gasteiger partial charge on any atom is -0.324 e. The zero-order valence-electron chi connectivity index (χ0n) is 15.1. The molecule has 1 fully saturated rings. The molecule has 7 heteroatoms. The van der Waals surface area contributed by atoms with Crippen LogP contribution in [0.1, 0.15) is 36.5 Å². The number of amides is 1. The summed E-state index contributed by atoms with van der Waals surface area (Å²) in [6.07, 6.45) is 1.92. The van der Waals surface area contributed by atoms with Crippen molar-refractivity contribution >= 4 is 27.4 Å². The molecule has 0 bridgehead atoms. The highest BCUT2D eigenvalue weighted by atomic mass is 32.2. The van der Waals surface area contributed by atoms with E-state index in [1.54, 1.807) is 42.5 Å². The third-order valence-corrected chi connectivity index (χ3v) is 6.59. The van der Waals surface area contributed by atoms with Crippen molar-refractivity contribution in [3.63, 3.8) is 0 Å². The van der Waals surface area contributed by atoms with Gasteiger partial charge in [-0.3, -0.25) is 9.59 Å². The molecule has 1 heterocycles. The Morgan fingerprint density at radius 2 is 1.67 bits per heavy atom. The van der Waals surface area contributed by atoms with Crippen LogP contribution < -0.4 is 5.32 Å². The van der Waals surface area contributed by atoms with Gasteiger partial charge in [0, 0.05) is 12.1 Å². The fourth-order valence-electron chi connectivity index (χ4n) is 3.30. The molecule has 0 spiro atoms. The number of piperidine rings is 1. The van der Waals surface area contributed by atoms with Crippen LogP contribution in [0, 0.1) is 0 Å². The number of hydrogen-bond donors (Lipinski definition) is 1. The quantitative estimate of drug-likeness (QED) is 0.801. The van der Waals surface area contributed by atoms with Crippen molar-refractivity contribution in [3.8, 4) is 0 Å². The van der Waals surface area contributed by atoms with Crippen LogP contribution in [0.4, 0.5) is 5.69 Å². The first kappa shape index (κ1) is 19.3. The molecule has 1 aliphatic heterocycles. The van der Waals surface area contributed by atoms with Crippen LogP contribution in [0.25, 0.3) is 0 Å². The van der Waals surface area contributed by atoms with Crippen LogP contribution in [0.5, 0.6) is 0 Å². The van der Waals surface area contributed by atoms with Gasteiger partial charge in [-0.25, -0.2) is 8.42 Å². The Morgan fingerprint density at radius 1 is 1.00 bits per heavy atom. The second kappa shape index (κ2) is 8.02. The summed E-state index contributed by atoms with van der Waals surface area (Å²) < 4.78 is 27.3. The highest BCUT2D eigenvalue weighted by Crippen LogP contribution is 2.27. The van der Waals surface area contributed by atoms with Crippen LogP contribution in [-0.4, -0.2) is 37.0 Å². The first-order valence-corrected chi connectivity index (χ1v) is 10.3. The molecule has 2 aromatic carbocycles. The number of ketones is 1. The fourth-order valence-corrected chi connectivity index (χ4v) is 4.98. The molecule has 27 heavy (non-hydrogen) atoms. The van der Waals surface area contributed by atoms with E-state index in [1.807, 2.05) is 0 Å². The molecule has 6 nitrogen and oxygen atoms in total. The Bertz CT molecular complexity index is 941. The van der Waals surface area contributed by atoms with Crippen molar-refractivity contribution in [1.29, 1.82) is 0 Å². The first-order chi connectivity index (χ1) is 12.9. The summed E-state index contributed by atoms with van der Waals surface area (Å²) >= 11 is 0. The Kier molecular flexibility index (Phi) is 5.72. The second-order valence-corrected chi connectivity index (χ2v) is 8.42. The predicted molar refractivity (Wildman–Crippen MR) is 103 cm³/mol. The van der Waals surface area contributed by atoms with E-state index < -0.39 is 22.0 Å². The summed E-state index contributed by atoms with van der Waals surface area (Å²) in [6, 6.07) is 14.1. The smallest absolute Gasteiger partial charge is 0.243 e. The van der Waals surface area contributed by atoms with Gasteiger partial charge in [-0.15, -0.1) is 0 Å². The molecule has 1 aliphatic rings. The van der Waals surface area contributed by atoms with E-state index in [1.165, 1.54) is 23.4 Å². The average molecular weight is 386 g/mol. The number of carbonyl (C=O) groups is 2. The number of hydrogen-bond acceptors (Lipinski definition) is 4. The average Bonchev–Trinajstić information content (AvgIpc) is 2.69. The number of carbonyl (C=O) groups excluding carboxylic acids is 2. The molecule has 1 amide bonds. The number of nitrogens with one attached hydrogen (secondary N) is 1. The minimum absolute atomic E-state index is 0.164. The van der Waals surface area contributed by atoms with Gasteiger partial charge in [0.15, 0.2) is 5.78 Å². The molecule has 1 N–H and O–H groups in total. The van der Waals surface area contributed by atoms with E-state index in [9.17, 15) is 18.0 Å². The Balaban J connectivity index is 1.88. The van der Waals surface area contributed by atoms with Gasteiger partial charge in [-0.05, 0) is 44.0 Å². The van der Waals surface area contributed by atoms with E-state index >= 15 is 0 Å². The van der Waals surface area contributed by atoms with Crippen molar-refractivity contribution in [2.75, 3.05) is 11.9 Å². The highest BCUT2D eigenvalue weighted by molar-refractivity contribution is 7.89. The van der Waals surface area contributed by atoms with E-state index in [2.05, 4.69) is 5.32 Å². The third kappa shape index (κ3) is 4.09. The molecule has 1 unspecified atom stereocenters. The predicted octanol–water partition coefficient (Wildman–Crippen LogP) is 3.07. The highest BCUT2D eigenvalue weighted by Gasteiger charge is 2.37. The second-order valence-electron chi connectivity index (χ2n) is 6.53. The lowest BCUT2D eigenvalue weighted by atomic mass is 10.0. The zero-order valence-corrected chi connectivity index (χ0v) is 15.9. The number of para-hydroxylation sites is 1. The number of benzene rings is 2. The summed E-state index contributed by atoms with van der Waals surface area (Å²) in [5, 5.41) is 2.75. The SMILES string of the molecule is CC(=O)c1ccccc1NC(=O)C1CCCCN1S(=O)(=O)c1ccccc1. The van der Waals surface area contributed by atoms with E-state index in [0.29, 0.717) is 30.6 Å². The maximum atomic E-state index is 13.0. The summed E-state index contributed by atoms with van der Waals surface area (Å²) in [5.74, 6) is -0.578. The van der Waals surface area contributed by atoms with Gasteiger partial charge in [0.05, 0.1) is 10.6 Å². The van der Waals surface area contributed by atoms with Crippen LogP contribution in [0.15, 0.2) is 59.5 Å². The molecular weight excluding hydrogens is 364 g/mol. The van der Waals surface area contributed by atoms with E-state index in [4.69, 9.17) is 0 Å². The van der Waals surface area contributed by atoms with Crippen molar-refractivity contribution in [2.45, 2.75) is 37.1 Å². The van der Waals surface area contributed by atoms with E-state index in [-0.39, 0.29) is 10.7 Å². The maximum Gasteiger partial charge on any atom is 0.243 e. The maximum absolute atomic E-state index is 13.0. The number of sulfonamides is 1. The molecule has 0 saturated carbocycles. The first-order valence-electron chi connectivity index (χ1n) is 8.89. The van der Waals surface area contributed by atoms with Crippen molar-refractivity contribution in [2.24, 2.45) is 0 Å². The third-order valence-electron chi connectivity index (χ3n) is 4.67. The number of anilines is 1. The molecule has 2 aromatic rings. The molecule has 142 valence electrons. The Hall–Kier alpha value is -2.51. The zero-order chi connectivity index (χ0) is 19.4. The van der Waals surface area contributed by atoms with Crippen LogP contribution >= 0.6 is 0 Å². The normalized spacial score (nSPS) is 18.0. The topological polar surface area (TPSA) is 83.6 Å². The number of rotatable bonds is 5. The van der Waals surface area contributed by atoms with Gasteiger partial charge in [0.25, 0.3) is 0 Å². The van der Waals surface area contributed by atoms with Crippen molar-refractivity contribution in [3.05, 3.63) is 60.2 Å². The summed E-state index contributed by atoms with van der Waals surface area (Å²) in [7, 11) is -3.77. The van der Waals surface area contributed by atoms with Crippen LogP contribution in [0.3, 0.4) is 0 Å². The number of Topliss-reactive ketones (excluding diaryl/α,β-unsaturated/α-hetero) is 1. The Morgan fingerprint density at radius 3 is 2.37 bits per heavy atom. The van der Waals surface area contributed by atoms with E-state index in [0.717, 1.165) is 6.42 Å². The van der Waals surface area contributed by atoms with Gasteiger partial charge in [-0.1, -0.05) is 36.8 Å². The fraction of sp³-hybridized carbons (Fsp3) is 0.300. The van der Waals surface area contributed by atoms with Gasteiger partial charge in [0.1, 0.15) is 6.04 Å². The number of nitrogens with zero attached hydrogens (tertiary/aromatic N) is 1. The van der Waals surface area contributed by atoms with Crippen molar-refractivity contribution in [1.82, 2.24) is 4.31 Å². The summed E-state index contributed by atoms with van der Waals surface area (Å²) in [4.78, 5) is 24.9. The Labute approximate surface area is 159 Å².